The number of fused-ring (bicyclic) bond motifs is 2. The van der Waals surface area contributed by atoms with Crippen molar-refractivity contribution in [3.63, 3.8) is 0 Å². The number of hydrogen-bond donors (Lipinski definition) is 2. The van der Waals surface area contributed by atoms with E-state index >= 15 is 0 Å². The lowest BCUT2D eigenvalue weighted by molar-refractivity contribution is 0.163. The first-order valence-corrected chi connectivity index (χ1v) is 5.11. The van der Waals surface area contributed by atoms with Gasteiger partial charge in [-0.25, -0.2) is 4.79 Å². The number of primary amides is 1. The van der Waals surface area contributed by atoms with Crippen LogP contribution >= 0.6 is 0 Å². The predicted octanol–water partition coefficient (Wildman–Crippen LogP) is 1.48. The Morgan fingerprint density at radius 3 is 2.69 bits per heavy atom. The molecule has 0 saturated heterocycles. The van der Waals surface area contributed by atoms with Crippen LogP contribution < -0.4 is 11.1 Å². The highest BCUT2D eigenvalue weighted by Gasteiger charge is 2.53. The maximum Gasteiger partial charge on any atom is 0.312 e. The SMILES string of the molecule is C[C@H]1[C@@H]2CC[C@@H](C2)[C@]1(C)NC(N)=O. The fourth-order valence-electron chi connectivity index (χ4n) is 3.36. The van der Waals surface area contributed by atoms with Crippen molar-refractivity contribution in [1.29, 1.82) is 0 Å². The van der Waals surface area contributed by atoms with E-state index in [1.165, 1.54) is 19.3 Å². The van der Waals surface area contributed by atoms with Gasteiger partial charge >= 0.3 is 6.03 Å². The number of nitrogens with one attached hydrogen (secondary N) is 1. The molecule has 0 aromatic rings. The van der Waals surface area contributed by atoms with Crippen molar-refractivity contribution in [2.75, 3.05) is 0 Å². The highest BCUT2D eigenvalue weighted by molar-refractivity contribution is 5.72. The third-order valence-corrected chi connectivity index (χ3v) is 4.37. The van der Waals surface area contributed by atoms with E-state index in [0.29, 0.717) is 11.8 Å². The quantitative estimate of drug-likeness (QED) is 0.634. The molecule has 2 aliphatic rings. The average Bonchev–Trinajstić information content (AvgIpc) is 2.54. The molecule has 2 bridgehead atoms. The second-order valence-corrected chi connectivity index (χ2v) is 4.83. The molecule has 2 saturated carbocycles. The molecule has 13 heavy (non-hydrogen) atoms. The van der Waals surface area contributed by atoms with Gasteiger partial charge in [-0.3, -0.25) is 0 Å². The lowest BCUT2D eigenvalue weighted by Crippen LogP contribution is -2.55. The van der Waals surface area contributed by atoms with E-state index in [1.54, 1.807) is 0 Å². The summed E-state index contributed by atoms with van der Waals surface area (Å²) >= 11 is 0. The van der Waals surface area contributed by atoms with E-state index in [9.17, 15) is 4.79 Å². The van der Waals surface area contributed by atoms with Crippen LogP contribution in [0.3, 0.4) is 0 Å². The fraction of sp³-hybridized carbons (Fsp3) is 0.900. The third kappa shape index (κ3) is 1.13. The Hall–Kier alpha value is -0.730. The largest absolute Gasteiger partial charge is 0.352 e. The van der Waals surface area contributed by atoms with Crippen molar-refractivity contribution >= 4 is 6.03 Å². The molecule has 3 N–H and O–H groups in total. The van der Waals surface area contributed by atoms with Gasteiger partial charge in [-0.15, -0.1) is 0 Å². The summed E-state index contributed by atoms with van der Waals surface area (Å²) in [6, 6.07) is -0.373. The zero-order valence-electron chi connectivity index (χ0n) is 8.34. The predicted molar refractivity (Wildman–Crippen MR) is 51.1 cm³/mol. The van der Waals surface area contributed by atoms with Gasteiger partial charge < -0.3 is 11.1 Å². The van der Waals surface area contributed by atoms with Crippen LogP contribution in [0, 0.1) is 17.8 Å². The van der Waals surface area contributed by atoms with Gasteiger partial charge in [0.25, 0.3) is 0 Å². The molecule has 74 valence electrons. The topological polar surface area (TPSA) is 55.1 Å². The molecule has 2 rings (SSSR count). The van der Waals surface area contributed by atoms with E-state index in [-0.39, 0.29) is 11.6 Å². The first-order chi connectivity index (χ1) is 6.04. The van der Waals surface area contributed by atoms with E-state index in [1.807, 2.05) is 0 Å². The molecule has 0 spiro atoms. The standard InChI is InChI=1S/C10H18N2O/c1-6-7-3-4-8(5-7)10(6,2)12-9(11)13/h6-8H,3-5H2,1-2H3,(H3,11,12,13)/t6-,7+,8-,10+/m0/s1. The summed E-state index contributed by atoms with van der Waals surface area (Å²) in [5.74, 6) is 2.04. The van der Waals surface area contributed by atoms with Crippen molar-refractivity contribution in [3.8, 4) is 0 Å². The summed E-state index contributed by atoms with van der Waals surface area (Å²) in [7, 11) is 0. The summed E-state index contributed by atoms with van der Waals surface area (Å²) in [6.45, 7) is 4.38. The molecule has 0 unspecified atom stereocenters. The molecule has 0 radical (unpaired) electrons. The minimum atomic E-state index is -0.373. The van der Waals surface area contributed by atoms with Gasteiger partial charge in [0, 0.05) is 5.54 Å². The molecule has 2 amide bonds. The van der Waals surface area contributed by atoms with Crippen LogP contribution in [0.2, 0.25) is 0 Å². The Bertz CT molecular complexity index is 237. The van der Waals surface area contributed by atoms with Crippen LogP contribution in [0.15, 0.2) is 0 Å². The van der Waals surface area contributed by atoms with Gasteiger partial charge in [-0.2, -0.15) is 0 Å². The fourth-order valence-corrected chi connectivity index (χ4v) is 3.36. The number of carbonyl (C=O) groups is 1. The van der Waals surface area contributed by atoms with Gasteiger partial charge in [0.2, 0.25) is 0 Å². The highest BCUT2D eigenvalue weighted by atomic mass is 16.2. The number of urea groups is 1. The average molecular weight is 182 g/mol. The normalized spacial score (nSPS) is 48.0. The number of nitrogens with two attached hydrogens (primary N) is 1. The summed E-state index contributed by atoms with van der Waals surface area (Å²) < 4.78 is 0. The van der Waals surface area contributed by atoms with Gasteiger partial charge in [-0.1, -0.05) is 6.92 Å². The molecule has 2 aliphatic carbocycles. The molecule has 3 nitrogen and oxygen atoms in total. The lowest BCUT2D eigenvalue weighted by atomic mass is 9.75. The summed E-state index contributed by atoms with van der Waals surface area (Å²) in [5.41, 5.74) is 5.17. The smallest absolute Gasteiger partial charge is 0.312 e. The van der Waals surface area contributed by atoms with Crippen LogP contribution in [-0.4, -0.2) is 11.6 Å². The van der Waals surface area contributed by atoms with E-state index < -0.39 is 0 Å². The summed E-state index contributed by atoms with van der Waals surface area (Å²) in [4.78, 5) is 10.9. The lowest BCUT2D eigenvalue weighted by Gasteiger charge is -2.39. The van der Waals surface area contributed by atoms with Crippen LogP contribution in [0.25, 0.3) is 0 Å². The van der Waals surface area contributed by atoms with E-state index in [0.717, 1.165) is 5.92 Å². The molecule has 4 atom stereocenters. The zero-order valence-corrected chi connectivity index (χ0v) is 8.34. The van der Waals surface area contributed by atoms with E-state index in [4.69, 9.17) is 5.73 Å². The number of amides is 2. The van der Waals surface area contributed by atoms with Gasteiger partial charge in [0.05, 0.1) is 0 Å². The minimum absolute atomic E-state index is 0.0330. The van der Waals surface area contributed by atoms with E-state index in [2.05, 4.69) is 19.2 Å². The van der Waals surface area contributed by atoms with Crippen molar-refractivity contribution in [3.05, 3.63) is 0 Å². The number of rotatable bonds is 1. The van der Waals surface area contributed by atoms with Crippen LogP contribution in [0.4, 0.5) is 4.79 Å². The number of carbonyl (C=O) groups excluding carboxylic acids is 1. The Morgan fingerprint density at radius 1 is 1.54 bits per heavy atom. The van der Waals surface area contributed by atoms with Crippen LogP contribution in [0.5, 0.6) is 0 Å². The zero-order chi connectivity index (χ0) is 9.64. The minimum Gasteiger partial charge on any atom is -0.352 e. The van der Waals surface area contributed by atoms with Crippen LogP contribution in [0.1, 0.15) is 33.1 Å². The molecule has 3 heteroatoms. The Balaban J connectivity index is 2.17. The molecule has 0 aromatic heterocycles. The highest BCUT2D eigenvalue weighted by Crippen LogP contribution is 2.54. The molecule has 0 aromatic carbocycles. The molecule has 2 fully saturated rings. The van der Waals surface area contributed by atoms with Gasteiger partial charge in [0.1, 0.15) is 0 Å². The monoisotopic (exact) mass is 182 g/mol. The third-order valence-electron chi connectivity index (χ3n) is 4.37. The Labute approximate surface area is 79.1 Å². The molecular weight excluding hydrogens is 164 g/mol. The molecule has 0 heterocycles. The Morgan fingerprint density at radius 2 is 2.23 bits per heavy atom. The first-order valence-electron chi connectivity index (χ1n) is 5.11. The Kier molecular flexibility index (Phi) is 1.79. The maximum atomic E-state index is 10.9. The van der Waals surface area contributed by atoms with Crippen molar-refractivity contribution in [2.45, 2.75) is 38.6 Å². The second kappa shape index (κ2) is 2.63. The van der Waals surface area contributed by atoms with Crippen molar-refractivity contribution in [2.24, 2.45) is 23.5 Å². The number of hydrogen-bond acceptors (Lipinski definition) is 1. The van der Waals surface area contributed by atoms with Gasteiger partial charge in [-0.05, 0) is 43.9 Å². The van der Waals surface area contributed by atoms with Gasteiger partial charge in [0.15, 0.2) is 0 Å². The second-order valence-electron chi connectivity index (χ2n) is 4.83. The van der Waals surface area contributed by atoms with Crippen molar-refractivity contribution in [1.82, 2.24) is 5.32 Å². The maximum absolute atomic E-state index is 10.9. The first kappa shape index (κ1) is 8.85. The summed E-state index contributed by atoms with van der Waals surface area (Å²) in [5, 5.41) is 2.94. The summed E-state index contributed by atoms with van der Waals surface area (Å²) in [6.07, 6.45) is 3.87. The molecular formula is C10H18N2O. The molecule has 0 aliphatic heterocycles. The van der Waals surface area contributed by atoms with Crippen LogP contribution in [-0.2, 0) is 0 Å². The van der Waals surface area contributed by atoms with Crippen molar-refractivity contribution < 1.29 is 4.79 Å².